The lowest BCUT2D eigenvalue weighted by Crippen LogP contribution is -2.36. The van der Waals surface area contributed by atoms with E-state index in [-0.39, 0.29) is 11.2 Å². The van der Waals surface area contributed by atoms with Crippen LogP contribution in [0.3, 0.4) is 0 Å². The van der Waals surface area contributed by atoms with Gasteiger partial charge in [-0.05, 0) is 64.2 Å². The first kappa shape index (κ1) is 14.9. The van der Waals surface area contributed by atoms with Gasteiger partial charge in [-0.2, -0.15) is 0 Å². The van der Waals surface area contributed by atoms with Crippen LogP contribution in [0.25, 0.3) is 11.0 Å². The molecule has 0 spiro atoms. The predicted octanol–water partition coefficient (Wildman–Crippen LogP) is 4.62. The maximum Gasteiger partial charge on any atom is 0.336 e. The van der Waals surface area contributed by atoms with Gasteiger partial charge in [0, 0.05) is 17.5 Å². The predicted molar refractivity (Wildman–Crippen MR) is 88.5 cm³/mol. The fourth-order valence-electron chi connectivity index (χ4n) is 2.99. The van der Waals surface area contributed by atoms with Crippen molar-refractivity contribution in [3.63, 3.8) is 0 Å². The van der Waals surface area contributed by atoms with Gasteiger partial charge >= 0.3 is 5.63 Å². The minimum absolute atomic E-state index is 0.151. The van der Waals surface area contributed by atoms with Crippen molar-refractivity contribution < 1.29 is 9.15 Å². The highest BCUT2D eigenvalue weighted by molar-refractivity contribution is 5.79. The highest BCUT2D eigenvalue weighted by Gasteiger charge is 2.31. The number of rotatable bonds is 3. The molecule has 1 aliphatic heterocycles. The summed E-state index contributed by atoms with van der Waals surface area (Å²) in [5.74, 6) is 0.854. The number of hydrogen-bond donors (Lipinski definition) is 0. The van der Waals surface area contributed by atoms with E-state index in [9.17, 15) is 4.79 Å². The Hall–Kier alpha value is -2.03. The Bertz CT molecular complexity index is 781. The maximum atomic E-state index is 11.4. The van der Waals surface area contributed by atoms with Crippen LogP contribution in [0.4, 0.5) is 0 Å². The van der Waals surface area contributed by atoms with Crippen LogP contribution in [0.5, 0.6) is 5.75 Å². The molecule has 1 aromatic heterocycles. The van der Waals surface area contributed by atoms with E-state index >= 15 is 0 Å². The molecule has 0 radical (unpaired) electrons. The molecule has 0 N–H and O–H groups in total. The van der Waals surface area contributed by atoms with E-state index in [1.807, 2.05) is 12.1 Å². The summed E-state index contributed by atoms with van der Waals surface area (Å²) in [6.45, 7) is 6.40. The van der Waals surface area contributed by atoms with Crippen molar-refractivity contribution in [1.29, 1.82) is 0 Å². The molecule has 1 atom stereocenters. The Morgan fingerprint density at radius 3 is 2.91 bits per heavy atom. The van der Waals surface area contributed by atoms with E-state index in [2.05, 4.69) is 32.9 Å². The minimum atomic E-state index is -0.324. The first-order valence-corrected chi connectivity index (χ1v) is 7.84. The van der Waals surface area contributed by atoms with Crippen molar-refractivity contribution in [1.82, 2.24) is 0 Å². The van der Waals surface area contributed by atoms with Gasteiger partial charge in [0.25, 0.3) is 0 Å². The van der Waals surface area contributed by atoms with E-state index < -0.39 is 0 Å². The summed E-state index contributed by atoms with van der Waals surface area (Å²) in [7, 11) is 0. The second-order valence-corrected chi connectivity index (χ2v) is 6.62. The summed E-state index contributed by atoms with van der Waals surface area (Å²) in [6, 6.07) is 7.21. The van der Waals surface area contributed by atoms with Crippen molar-refractivity contribution in [2.75, 3.05) is 0 Å². The quantitative estimate of drug-likeness (QED) is 0.613. The number of hydrogen-bond acceptors (Lipinski definition) is 3. The van der Waals surface area contributed by atoms with E-state index in [0.717, 1.165) is 36.8 Å². The summed E-state index contributed by atoms with van der Waals surface area (Å²) in [6.07, 6.45) is 6.28. The number of ether oxygens (including phenoxy) is 1. The molecule has 3 rings (SSSR count). The van der Waals surface area contributed by atoms with Gasteiger partial charge in [0.2, 0.25) is 0 Å². The van der Waals surface area contributed by atoms with Crippen molar-refractivity contribution in [3.05, 3.63) is 51.9 Å². The zero-order chi connectivity index (χ0) is 15.7. The van der Waals surface area contributed by atoms with Crippen LogP contribution in [-0.4, -0.2) is 5.60 Å². The molecule has 22 heavy (non-hydrogen) atoms. The maximum absolute atomic E-state index is 11.4. The first-order valence-electron chi connectivity index (χ1n) is 7.84. The standard InChI is InChI=1S/C19H22O3/c1-13(2)5-4-9-19(3)10-8-15-11-14-6-7-18(20)21-16(14)12-17(15)22-19/h5-7,11-12H,4,8-10H2,1-3H3. The summed E-state index contributed by atoms with van der Waals surface area (Å²) in [5, 5.41) is 0.954. The Balaban J connectivity index is 1.88. The average molecular weight is 298 g/mol. The first-order chi connectivity index (χ1) is 10.5. The second-order valence-electron chi connectivity index (χ2n) is 6.62. The Labute approximate surface area is 130 Å². The number of benzene rings is 1. The fourth-order valence-corrected chi connectivity index (χ4v) is 2.99. The number of fused-ring (bicyclic) bond motifs is 2. The van der Waals surface area contributed by atoms with Crippen LogP contribution in [0.2, 0.25) is 0 Å². The Morgan fingerprint density at radius 2 is 2.14 bits per heavy atom. The third-order valence-electron chi connectivity index (χ3n) is 4.31. The van der Waals surface area contributed by atoms with Gasteiger partial charge in [-0.15, -0.1) is 0 Å². The summed E-state index contributed by atoms with van der Waals surface area (Å²) in [5.41, 5.74) is 2.66. The second kappa shape index (κ2) is 5.64. The number of allylic oxidation sites excluding steroid dienone is 2. The molecule has 2 heterocycles. The van der Waals surface area contributed by atoms with Crippen molar-refractivity contribution in [2.45, 2.75) is 52.1 Å². The monoisotopic (exact) mass is 298 g/mol. The molecule has 0 fully saturated rings. The van der Waals surface area contributed by atoms with Gasteiger partial charge in [-0.3, -0.25) is 0 Å². The molecular weight excluding hydrogens is 276 g/mol. The molecule has 0 bridgehead atoms. The lowest BCUT2D eigenvalue weighted by molar-refractivity contribution is 0.0573. The van der Waals surface area contributed by atoms with Crippen LogP contribution in [0, 0.1) is 0 Å². The van der Waals surface area contributed by atoms with Crippen LogP contribution in [0.1, 0.15) is 45.6 Å². The van der Waals surface area contributed by atoms with Gasteiger partial charge in [0.1, 0.15) is 16.9 Å². The van der Waals surface area contributed by atoms with Crippen LogP contribution >= 0.6 is 0 Å². The lowest BCUT2D eigenvalue weighted by Gasteiger charge is -2.36. The van der Waals surface area contributed by atoms with E-state index in [4.69, 9.17) is 9.15 Å². The molecule has 2 aromatic rings. The topological polar surface area (TPSA) is 39.4 Å². The van der Waals surface area contributed by atoms with Crippen molar-refractivity contribution in [3.8, 4) is 5.75 Å². The third kappa shape index (κ3) is 3.08. The molecule has 1 aliphatic rings. The zero-order valence-corrected chi connectivity index (χ0v) is 13.4. The molecular formula is C19H22O3. The SMILES string of the molecule is CC(C)=CCCC1(C)CCc2cc3ccc(=O)oc3cc2O1. The molecule has 3 heteroatoms. The van der Waals surface area contributed by atoms with Gasteiger partial charge < -0.3 is 9.15 Å². The van der Waals surface area contributed by atoms with E-state index in [1.54, 1.807) is 0 Å². The number of aryl methyl sites for hydroxylation is 1. The molecule has 3 nitrogen and oxygen atoms in total. The van der Waals surface area contributed by atoms with Gasteiger partial charge in [0.05, 0.1) is 0 Å². The van der Waals surface area contributed by atoms with Gasteiger partial charge in [-0.25, -0.2) is 4.79 Å². The molecule has 1 aromatic carbocycles. The van der Waals surface area contributed by atoms with E-state index in [1.165, 1.54) is 17.2 Å². The van der Waals surface area contributed by atoms with E-state index in [0.29, 0.717) is 5.58 Å². The normalized spacial score (nSPS) is 20.3. The highest BCUT2D eigenvalue weighted by Crippen LogP contribution is 2.37. The zero-order valence-electron chi connectivity index (χ0n) is 13.4. The Kier molecular flexibility index (Phi) is 3.81. The summed E-state index contributed by atoms with van der Waals surface area (Å²) < 4.78 is 11.5. The summed E-state index contributed by atoms with van der Waals surface area (Å²) in [4.78, 5) is 11.4. The largest absolute Gasteiger partial charge is 0.487 e. The molecule has 116 valence electrons. The highest BCUT2D eigenvalue weighted by atomic mass is 16.5. The Morgan fingerprint density at radius 1 is 1.32 bits per heavy atom. The molecule has 0 aliphatic carbocycles. The average Bonchev–Trinajstić information content (AvgIpc) is 2.44. The van der Waals surface area contributed by atoms with Crippen molar-refractivity contribution >= 4 is 11.0 Å². The third-order valence-corrected chi connectivity index (χ3v) is 4.31. The summed E-state index contributed by atoms with van der Waals surface area (Å²) >= 11 is 0. The van der Waals surface area contributed by atoms with Crippen LogP contribution < -0.4 is 10.4 Å². The fraction of sp³-hybridized carbons (Fsp3) is 0.421. The van der Waals surface area contributed by atoms with Crippen molar-refractivity contribution in [2.24, 2.45) is 0 Å². The molecule has 1 unspecified atom stereocenters. The molecule has 0 saturated carbocycles. The minimum Gasteiger partial charge on any atom is -0.487 e. The van der Waals surface area contributed by atoms with Crippen LogP contribution in [-0.2, 0) is 6.42 Å². The molecule has 0 amide bonds. The van der Waals surface area contributed by atoms with Gasteiger partial charge in [-0.1, -0.05) is 11.6 Å². The molecule has 0 saturated heterocycles. The smallest absolute Gasteiger partial charge is 0.336 e. The lowest BCUT2D eigenvalue weighted by atomic mass is 9.88. The van der Waals surface area contributed by atoms with Gasteiger partial charge in [0.15, 0.2) is 0 Å². The van der Waals surface area contributed by atoms with Crippen LogP contribution in [0.15, 0.2) is 45.1 Å².